The zero-order chi connectivity index (χ0) is 25.8. The van der Waals surface area contributed by atoms with E-state index in [0.29, 0.717) is 23.7 Å². The zero-order valence-electron chi connectivity index (χ0n) is 19.1. The van der Waals surface area contributed by atoms with Crippen LogP contribution >= 0.6 is 11.6 Å². The van der Waals surface area contributed by atoms with Crippen LogP contribution in [0.25, 0.3) is 10.9 Å². The Kier molecular flexibility index (Phi) is 6.00. The molecule has 1 aliphatic carbocycles. The van der Waals surface area contributed by atoms with E-state index in [1.165, 1.54) is 36.1 Å². The molecule has 1 aliphatic heterocycles. The van der Waals surface area contributed by atoms with Gasteiger partial charge in [0.2, 0.25) is 11.8 Å². The fourth-order valence-corrected chi connectivity index (χ4v) is 4.91. The lowest BCUT2D eigenvalue weighted by atomic mass is 10.0. The fourth-order valence-electron chi connectivity index (χ4n) is 4.74. The number of aliphatic hydroxyl groups excluding tert-OH is 1. The molecule has 1 aromatic carbocycles. The number of halogens is 3. The topological polar surface area (TPSA) is 117 Å². The molecule has 1 saturated carbocycles. The van der Waals surface area contributed by atoms with Crippen molar-refractivity contribution >= 4 is 40.1 Å². The molecule has 0 radical (unpaired) electrons. The van der Waals surface area contributed by atoms with Crippen LogP contribution in [-0.2, 0) is 21.7 Å². The number of Topliss-reactive ketones (excluding diaryl/α,β-unsaturated/α-hetero) is 1. The number of ketones is 1. The smallest absolute Gasteiger partial charge is 0.246 e. The van der Waals surface area contributed by atoms with Crippen molar-refractivity contribution in [1.82, 2.24) is 25.0 Å². The highest BCUT2D eigenvalue weighted by atomic mass is 35.5. The van der Waals surface area contributed by atoms with Gasteiger partial charge in [-0.2, -0.15) is 5.10 Å². The van der Waals surface area contributed by atoms with Gasteiger partial charge in [0.05, 0.1) is 28.8 Å². The fraction of sp³-hybridized carbons (Fsp3) is 0.375. The van der Waals surface area contributed by atoms with Crippen LogP contribution in [0, 0.1) is 5.82 Å². The van der Waals surface area contributed by atoms with E-state index in [0.717, 1.165) is 4.90 Å². The SMILES string of the molecule is CC(=O)c1nn(CC(=O)N2C[C@H](F)[C@@H](O)[C@H]2C(=O)NC2(c3cccc(Cl)c3F)CC2)c2cnccc12. The average Bonchev–Trinajstić information content (AvgIpc) is 3.42. The van der Waals surface area contributed by atoms with E-state index in [-0.39, 0.29) is 22.1 Å². The number of fused-ring (bicyclic) bond motifs is 1. The van der Waals surface area contributed by atoms with Crippen LogP contribution in [0.3, 0.4) is 0 Å². The number of benzene rings is 1. The van der Waals surface area contributed by atoms with Crippen molar-refractivity contribution in [2.45, 2.75) is 50.2 Å². The first-order chi connectivity index (χ1) is 17.1. The number of aliphatic hydroxyl groups is 1. The summed E-state index contributed by atoms with van der Waals surface area (Å²) < 4.78 is 30.5. The molecule has 3 atom stereocenters. The first-order valence-electron chi connectivity index (χ1n) is 11.3. The number of likely N-dealkylation sites (tertiary alicyclic amines) is 1. The van der Waals surface area contributed by atoms with Crippen molar-refractivity contribution in [2.24, 2.45) is 0 Å². The summed E-state index contributed by atoms with van der Waals surface area (Å²) in [4.78, 5) is 43.4. The lowest BCUT2D eigenvalue weighted by Gasteiger charge is -2.28. The van der Waals surface area contributed by atoms with Crippen LogP contribution in [0.15, 0.2) is 36.7 Å². The molecule has 0 bridgehead atoms. The Hall–Kier alpha value is -3.44. The van der Waals surface area contributed by atoms with Crippen LogP contribution in [-0.4, -0.2) is 67.2 Å². The molecule has 0 spiro atoms. The van der Waals surface area contributed by atoms with Gasteiger partial charge >= 0.3 is 0 Å². The molecule has 5 rings (SSSR count). The van der Waals surface area contributed by atoms with E-state index in [1.54, 1.807) is 12.1 Å². The molecule has 2 N–H and O–H groups in total. The van der Waals surface area contributed by atoms with Gasteiger partial charge in [0, 0.05) is 24.1 Å². The molecule has 188 valence electrons. The van der Waals surface area contributed by atoms with Crippen molar-refractivity contribution in [3.8, 4) is 0 Å². The van der Waals surface area contributed by atoms with E-state index >= 15 is 0 Å². The van der Waals surface area contributed by atoms with Crippen molar-refractivity contribution in [2.75, 3.05) is 6.54 Å². The van der Waals surface area contributed by atoms with Gasteiger partial charge in [0.25, 0.3) is 0 Å². The first kappa shape index (κ1) is 24.3. The molecule has 2 aliphatic rings. The summed E-state index contributed by atoms with van der Waals surface area (Å²) in [5.41, 5.74) is -0.284. The van der Waals surface area contributed by atoms with Crippen LogP contribution in [0.4, 0.5) is 8.78 Å². The third-order valence-corrected chi connectivity index (χ3v) is 7.03. The maximum Gasteiger partial charge on any atom is 0.246 e. The van der Waals surface area contributed by atoms with Crippen molar-refractivity contribution in [3.05, 3.63) is 58.8 Å². The Morgan fingerprint density at radius 3 is 2.72 bits per heavy atom. The summed E-state index contributed by atoms with van der Waals surface area (Å²) in [5.74, 6) is -2.46. The monoisotopic (exact) mass is 517 g/mol. The van der Waals surface area contributed by atoms with Crippen molar-refractivity contribution in [3.63, 3.8) is 0 Å². The summed E-state index contributed by atoms with van der Waals surface area (Å²) in [6.45, 7) is 0.427. The normalized spacial score (nSPS) is 22.6. The minimum absolute atomic E-state index is 0.0968. The molecule has 0 unspecified atom stereocenters. The number of pyridine rings is 1. The maximum atomic E-state index is 14.6. The van der Waals surface area contributed by atoms with Gasteiger partial charge in [-0.15, -0.1) is 0 Å². The van der Waals surface area contributed by atoms with Gasteiger partial charge in [-0.05, 0) is 25.0 Å². The Morgan fingerprint density at radius 1 is 1.28 bits per heavy atom. The van der Waals surface area contributed by atoms with E-state index < -0.39 is 54.6 Å². The molecule has 12 heteroatoms. The lowest BCUT2D eigenvalue weighted by Crippen LogP contribution is -2.53. The lowest BCUT2D eigenvalue weighted by molar-refractivity contribution is -0.141. The Bertz CT molecular complexity index is 1390. The second-order valence-electron chi connectivity index (χ2n) is 9.13. The Balaban J connectivity index is 1.40. The predicted octanol–water partition coefficient (Wildman–Crippen LogP) is 2.14. The van der Waals surface area contributed by atoms with Gasteiger partial charge in [0.1, 0.15) is 36.4 Å². The molecular formula is C24H22ClF2N5O4. The number of hydrogen-bond acceptors (Lipinski definition) is 6. The molecule has 9 nitrogen and oxygen atoms in total. The third kappa shape index (κ3) is 4.01. The minimum Gasteiger partial charge on any atom is -0.387 e. The van der Waals surface area contributed by atoms with Crippen LogP contribution in [0.5, 0.6) is 0 Å². The van der Waals surface area contributed by atoms with Gasteiger partial charge in [-0.1, -0.05) is 23.7 Å². The predicted molar refractivity (Wildman–Crippen MR) is 124 cm³/mol. The van der Waals surface area contributed by atoms with Crippen molar-refractivity contribution < 1.29 is 28.3 Å². The van der Waals surface area contributed by atoms with Crippen molar-refractivity contribution in [1.29, 1.82) is 0 Å². The van der Waals surface area contributed by atoms with E-state index in [4.69, 9.17) is 11.6 Å². The summed E-state index contributed by atoms with van der Waals surface area (Å²) in [6.07, 6.45) is 0.158. The van der Waals surface area contributed by atoms with Gasteiger partial charge < -0.3 is 15.3 Å². The summed E-state index contributed by atoms with van der Waals surface area (Å²) in [5, 5.41) is 17.8. The van der Waals surface area contributed by atoms with Crippen LogP contribution in [0.2, 0.25) is 5.02 Å². The molecule has 3 heterocycles. The minimum atomic E-state index is -1.86. The summed E-state index contributed by atoms with van der Waals surface area (Å²) >= 11 is 5.89. The first-order valence-corrected chi connectivity index (χ1v) is 11.7. The number of alkyl halides is 1. The van der Waals surface area contributed by atoms with Gasteiger partial charge in [0.15, 0.2) is 5.78 Å². The molecule has 3 aromatic rings. The highest BCUT2D eigenvalue weighted by Crippen LogP contribution is 2.47. The summed E-state index contributed by atoms with van der Waals surface area (Å²) in [7, 11) is 0. The highest BCUT2D eigenvalue weighted by Gasteiger charge is 2.53. The number of rotatable bonds is 6. The maximum absolute atomic E-state index is 14.6. The van der Waals surface area contributed by atoms with Crippen LogP contribution in [0.1, 0.15) is 35.8 Å². The van der Waals surface area contributed by atoms with E-state index in [2.05, 4.69) is 15.4 Å². The number of nitrogens with zero attached hydrogens (tertiary/aromatic N) is 4. The number of nitrogens with one attached hydrogen (secondary N) is 1. The second-order valence-corrected chi connectivity index (χ2v) is 9.53. The Morgan fingerprint density at radius 2 is 2.03 bits per heavy atom. The number of carbonyl (C=O) groups is 3. The molecule has 2 amide bonds. The molecule has 1 saturated heterocycles. The highest BCUT2D eigenvalue weighted by molar-refractivity contribution is 6.30. The second kappa shape index (κ2) is 8.90. The zero-order valence-corrected chi connectivity index (χ0v) is 19.9. The van der Waals surface area contributed by atoms with Gasteiger partial charge in [-0.3, -0.25) is 24.0 Å². The number of aromatic nitrogens is 3. The standard InChI is InChI=1S/C24H22ClF2N5O4/c1-12(33)20-13-5-8-28-9-17(13)32(30-20)11-18(34)31-10-16(26)22(35)21(31)23(36)29-24(6-7-24)14-3-2-4-15(25)19(14)27/h2-5,8-9,16,21-22,35H,6-7,10-11H2,1H3,(H,29,36)/t16-,21-,22+/m0/s1. The third-order valence-electron chi connectivity index (χ3n) is 6.74. The molecule has 2 aromatic heterocycles. The number of carbonyl (C=O) groups excluding carboxylic acids is 3. The van der Waals surface area contributed by atoms with Gasteiger partial charge in [-0.25, -0.2) is 8.78 Å². The average molecular weight is 518 g/mol. The summed E-state index contributed by atoms with van der Waals surface area (Å²) in [6, 6.07) is 4.52. The number of amides is 2. The largest absolute Gasteiger partial charge is 0.387 e. The molecule has 2 fully saturated rings. The van der Waals surface area contributed by atoms with E-state index in [1.807, 2.05) is 0 Å². The van der Waals surface area contributed by atoms with Crippen LogP contribution < -0.4 is 5.32 Å². The Labute approximate surface area is 209 Å². The molecule has 36 heavy (non-hydrogen) atoms. The quantitative estimate of drug-likeness (QED) is 0.484. The molecular weight excluding hydrogens is 496 g/mol. The van der Waals surface area contributed by atoms with E-state index in [9.17, 15) is 28.3 Å². The number of hydrogen-bond donors (Lipinski definition) is 2.